The number of esters is 3. The highest BCUT2D eigenvalue weighted by atomic mass is 28.4. The van der Waals surface area contributed by atoms with Gasteiger partial charge in [-0.05, 0) is 0 Å². The molecular weight excluding hydrogens is 380 g/mol. The van der Waals surface area contributed by atoms with Gasteiger partial charge >= 0.3 is 27.0 Å². The summed E-state index contributed by atoms with van der Waals surface area (Å²) < 4.78 is 36.0. The van der Waals surface area contributed by atoms with Crippen molar-refractivity contribution in [3.8, 4) is 0 Å². The first kappa shape index (κ1) is 24.7. The first-order valence-electron chi connectivity index (χ1n) is 7.77. The highest BCUT2D eigenvalue weighted by molar-refractivity contribution is 6.53. The molecule has 0 saturated carbocycles. The third-order valence-electron chi connectivity index (χ3n) is 2.57. The maximum atomic E-state index is 11.0. The molecule has 0 aliphatic rings. The highest BCUT2D eigenvalue weighted by Gasteiger charge is 2.45. The largest absolute Gasteiger partial charge is 0.679 e. The molecule has 0 rings (SSSR count). The van der Waals surface area contributed by atoms with Gasteiger partial charge in [0, 0.05) is 25.3 Å². The molecule has 0 bridgehead atoms. The maximum Gasteiger partial charge on any atom is 0.679 e. The zero-order chi connectivity index (χ0) is 20.5. The smallest absolute Gasteiger partial charge is 0.460 e. The minimum Gasteiger partial charge on any atom is -0.460 e. The molecule has 0 aliphatic heterocycles. The summed E-state index contributed by atoms with van der Waals surface area (Å²) in [6.07, 6.45) is 3.03. The second kappa shape index (κ2) is 14.8. The summed E-state index contributed by atoms with van der Waals surface area (Å²) in [7, 11) is -2.37. The highest BCUT2D eigenvalue weighted by Crippen LogP contribution is 2.11. The second-order valence-electron chi connectivity index (χ2n) is 4.36. The van der Waals surface area contributed by atoms with Gasteiger partial charge in [0.25, 0.3) is 0 Å². The molecule has 27 heavy (non-hydrogen) atoms. The van der Waals surface area contributed by atoms with E-state index < -0.39 is 27.0 Å². The summed E-state index contributed by atoms with van der Waals surface area (Å²) in [6, 6.07) is 0. The lowest BCUT2D eigenvalue weighted by atomic mass is 10.6. The van der Waals surface area contributed by atoms with Gasteiger partial charge in [-0.1, -0.05) is 19.7 Å². The number of hydrogen-bond acceptors (Lipinski definition) is 10. The normalized spacial score (nSPS) is 10.6. The molecule has 0 aromatic rings. The van der Waals surface area contributed by atoms with Gasteiger partial charge in [-0.2, -0.15) is 0 Å². The van der Waals surface area contributed by atoms with Crippen LogP contribution in [0.25, 0.3) is 0 Å². The van der Waals surface area contributed by atoms with Crippen LogP contribution >= 0.6 is 0 Å². The first-order chi connectivity index (χ1) is 12.9. The van der Waals surface area contributed by atoms with Crippen LogP contribution in [0.3, 0.4) is 0 Å². The molecule has 0 heterocycles. The Balaban J connectivity index is 4.59. The Kier molecular flexibility index (Phi) is 13.5. The Labute approximate surface area is 158 Å². The quantitative estimate of drug-likeness (QED) is 0.117. The van der Waals surface area contributed by atoms with Crippen molar-refractivity contribution in [2.45, 2.75) is 0 Å². The van der Waals surface area contributed by atoms with E-state index in [1.54, 1.807) is 0 Å². The molecule has 0 N–H and O–H groups in total. The molecule has 10 nitrogen and oxygen atoms in total. The molecule has 0 aromatic heterocycles. The van der Waals surface area contributed by atoms with E-state index in [1.807, 2.05) is 0 Å². The minimum absolute atomic E-state index is 0.0848. The number of rotatable bonds is 16. The molecule has 0 amide bonds. The van der Waals surface area contributed by atoms with Gasteiger partial charge in [-0.25, -0.2) is 14.4 Å². The molecule has 0 fully saturated rings. The molecule has 0 unspecified atom stereocenters. The van der Waals surface area contributed by atoms with Crippen molar-refractivity contribution < 1.29 is 46.3 Å². The van der Waals surface area contributed by atoms with E-state index in [2.05, 4.69) is 19.7 Å². The van der Waals surface area contributed by atoms with Gasteiger partial charge in [0.05, 0.1) is 19.8 Å². The van der Waals surface area contributed by atoms with Crippen molar-refractivity contribution in [3.63, 3.8) is 0 Å². The topological polar surface area (TPSA) is 116 Å². The molecule has 0 aliphatic carbocycles. The Morgan fingerprint density at radius 2 is 0.963 bits per heavy atom. The summed E-state index contributed by atoms with van der Waals surface area (Å²) in [5.74, 6) is -1.84. The number of carbonyl (C=O) groups excluding carboxylic acids is 3. The fraction of sp³-hybridized carbons (Fsp3) is 0.438. The first-order valence-corrected chi connectivity index (χ1v) is 9.41. The van der Waals surface area contributed by atoms with E-state index in [1.165, 1.54) is 7.11 Å². The molecule has 0 spiro atoms. The zero-order valence-electron chi connectivity index (χ0n) is 15.2. The summed E-state index contributed by atoms with van der Waals surface area (Å²) in [5, 5.41) is 0. The second-order valence-corrected chi connectivity index (χ2v) is 6.64. The molecule has 0 atom stereocenters. The standard InChI is InChI=1S/C16H24O10Si/c1-5-14(17)21-8-11-24-27(20-4,25-12-9-22-15(18)6-2)26-13-10-23-16(19)7-3/h5-7H,1-3,8-13H2,4H3. The van der Waals surface area contributed by atoms with Crippen molar-refractivity contribution >= 4 is 27.0 Å². The lowest BCUT2D eigenvalue weighted by molar-refractivity contribution is -0.140. The third-order valence-corrected chi connectivity index (χ3v) is 4.74. The van der Waals surface area contributed by atoms with E-state index >= 15 is 0 Å². The van der Waals surface area contributed by atoms with Gasteiger partial charge < -0.3 is 31.9 Å². The predicted octanol–water partition coefficient (Wildman–Crippen LogP) is 0.306. The Morgan fingerprint density at radius 3 is 1.19 bits per heavy atom. The van der Waals surface area contributed by atoms with Gasteiger partial charge in [-0.3, -0.25) is 0 Å². The Morgan fingerprint density at radius 1 is 0.667 bits per heavy atom. The lowest BCUT2D eigenvalue weighted by Crippen LogP contribution is -2.50. The van der Waals surface area contributed by atoms with Crippen LogP contribution < -0.4 is 0 Å². The van der Waals surface area contributed by atoms with Gasteiger partial charge in [0.15, 0.2) is 0 Å². The zero-order valence-corrected chi connectivity index (χ0v) is 16.2. The van der Waals surface area contributed by atoms with Crippen molar-refractivity contribution in [2.24, 2.45) is 0 Å². The van der Waals surface area contributed by atoms with E-state index in [-0.39, 0.29) is 39.6 Å². The van der Waals surface area contributed by atoms with Crippen LogP contribution in [0.4, 0.5) is 0 Å². The number of ether oxygens (including phenoxy) is 3. The average molecular weight is 404 g/mol. The molecule has 11 heteroatoms. The van der Waals surface area contributed by atoms with Gasteiger partial charge in [-0.15, -0.1) is 0 Å². The molecule has 0 aromatic carbocycles. The maximum absolute atomic E-state index is 11.0. The van der Waals surface area contributed by atoms with Crippen LogP contribution in [0.5, 0.6) is 0 Å². The van der Waals surface area contributed by atoms with E-state index in [0.717, 1.165) is 18.2 Å². The van der Waals surface area contributed by atoms with E-state index in [4.69, 9.17) is 31.9 Å². The predicted molar refractivity (Wildman–Crippen MR) is 94.1 cm³/mol. The van der Waals surface area contributed by atoms with Crippen molar-refractivity contribution in [2.75, 3.05) is 46.8 Å². The van der Waals surface area contributed by atoms with E-state index in [9.17, 15) is 14.4 Å². The van der Waals surface area contributed by atoms with Crippen LogP contribution in [0.1, 0.15) is 0 Å². The minimum atomic E-state index is -3.67. The van der Waals surface area contributed by atoms with Crippen LogP contribution in [0, 0.1) is 0 Å². The Bertz CT molecular complexity index is 450. The SMILES string of the molecule is C=CC(=O)OCCO[Si](OC)(OCCOC(=O)C=C)OCCOC(=O)C=C. The van der Waals surface area contributed by atoms with Crippen LogP contribution in [-0.2, 0) is 46.3 Å². The van der Waals surface area contributed by atoms with Crippen molar-refractivity contribution in [1.29, 1.82) is 0 Å². The van der Waals surface area contributed by atoms with Crippen molar-refractivity contribution in [1.82, 2.24) is 0 Å². The van der Waals surface area contributed by atoms with Crippen molar-refractivity contribution in [3.05, 3.63) is 38.0 Å². The van der Waals surface area contributed by atoms with Crippen LogP contribution in [-0.4, -0.2) is 73.7 Å². The lowest BCUT2D eigenvalue weighted by Gasteiger charge is -2.26. The Hall–Kier alpha value is -2.31. The summed E-state index contributed by atoms with van der Waals surface area (Å²) in [5.41, 5.74) is 0. The van der Waals surface area contributed by atoms with E-state index in [0.29, 0.717) is 0 Å². The summed E-state index contributed by atoms with van der Waals surface area (Å²) in [4.78, 5) is 33.1. The number of carbonyl (C=O) groups is 3. The van der Waals surface area contributed by atoms with Gasteiger partial charge in [0.1, 0.15) is 19.8 Å². The van der Waals surface area contributed by atoms with Crippen LogP contribution in [0.2, 0.25) is 0 Å². The third kappa shape index (κ3) is 11.8. The molecule has 0 saturated heterocycles. The van der Waals surface area contributed by atoms with Crippen LogP contribution in [0.15, 0.2) is 38.0 Å². The average Bonchev–Trinajstić information content (AvgIpc) is 2.70. The summed E-state index contributed by atoms with van der Waals surface area (Å²) in [6.45, 7) is 9.28. The fourth-order valence-electron chi connectivity index (χ4n) is 1.41. The molecule has 0 radical (unpaired) electrons. The summed E-state index contributed by atoms with van der Waals surface area (Å²) >= 11 is 0. The number of hydrogen-bond donors (Lipinski definition) is 0. The molecular formula is C16H24O10Si. The van der Waals surface area contributed by atoms with Gasteiger partial charge in [0.2, 0.25) is 0 Å². The monoisotopic (exact) mass is 404 g/mol. The fourth-order valence-corrected chi connectivity index (χ4v) is 3.01. The molecule has 152 valence electrons.